The van der Waals surface area contributed by atoms with E-state index < -0.39 is 0 Å². The lowest BCUT2D eigenvalue weighted by molar-refractivity contribution is 0.0773. The van der Waals surface area contributed by atoms with Crippen molar-refractivity contribution >= 4 is 5.91 Å². The summed E-state index contributed by atoms with van der Waals surface area (Å²) >= 11 is 0. The van der Waals surface area contributed by atoms with E-state index in [1.165, 1.54) is 17.7 Å². The molecule has 0 saturated carbocycles. The Morgan fingerprint density at radius 3 is 2.41 bits per heavy atom. The third kappa shape index (κ3) is 4.04. The Hall–Kier alpha value is -2.24. The Morgan fingerprint density at radius 2 is 1.74 bits per heavy atom. The van der Waals surface area contributed by atoms with E-state index in [4.69, 9.17) is 5.73 Å². The molecular formula is C22H26FN3O. The molecule has 2 aromatic rings. The molecule has 2 saturated heterocycles. The van der Waals surface area contributed by atoms with Crippen LogP contribution in [0.15, 0.2) is 54.6 Å². The van der Waals surface area contributed by atoms with Crippen molar-refractivity contribution in [1.29, 1.82) is 0 Å². The van der Waals surface area contributed by atoms with Crippen LogP contribution in [0, 0.1) is 17.7 Å². The van der Waals surface area contributed by atoms with Crippen LogP contribution in [0.5, 0.6) is 0 Å². The Balaban J connectivity index is 1.28. The molecule has 2 N–H and O–H groups in total. The first-order valence-electron chi connectivity index (χ1n) is 9.68. The minimum Gasteiger partial charge on any atom is -0.338 e. The van der Waals surface area contributed by atoms with Crippen molar-refractivity contribution in [1.82, 2.24) is 9.80 Å². The average molecular weight is 367 g/mol. The summed E-state index contributed by atoms with van der Waals surface area (Å²) in [5.41, 5.74) is 7.95. The first kappa shape index (κ1) is 18.1. The number of carbonyl (C=O) groups excluding carboxylic acids is 1. The van der Waals surface area contributed by atoms with Crippen molar-refractivity contribution in [2.75, 3.05) is 32.7 Å². The first-order valence-corrected chi connectivity index (χ1v) is 9.68. The van der Waals surface area contributed by atoms with E-state index in [2.05, 4.69) is 17.0 Å². The summed E-state index contributed by atoms with van der Waals surface area (Å²) in [6.45, 7) is 4.54. The molecule has 4 rings (SSSR count). The third-order valence-electron chi connectivity index (χ3n) is 5.90. The molecule has 2 heterocycles. The van der Waals surface area contributed by atoms with Gasteiger partial charge in [-0.2, -0.15) is 0 Å². The molecular weight excluding hydrogens is 341 g/mol. The van der Waals surface area contributed by atoms with Crippen LogP contribution in [0.25, 0.3) is 0 Å². The van der Waals surface area contributed by atoms with Crippen LogP contribution in [0.4, 0.5) is 4.39 Å². The van der Waals surface area contributed by atoms with Gasteiger partial charge in [0.2, 0.25) is 0 Å². The summed E-state index contributed by atoms with van der Waals surface area (Å²) in [6, 6.07) is 16.3. The van der Waals surface area contributed by atoms with Gasteiger partial charge in [-0.15, -0.1) is 0 Å². The van der Waals surface area contributed by atoms with Crippen LogP contribution in [0.2, 0.25) is 0 Å². The monoisotopic (exact) mass is 367 g/mol. The summed E-state index contributed by atoms with van der Waals surface area (Å²) < 4.78 is 13.4. The second kappa shape index (κ2) is 7.79. The van der Waals surface area contributed by atoms with E-state index in [0.29, 0.717) is 17.4 Å². The number of hydrogen-bond acceptors (Lipinski definition) is 3. The quantitative estimate of drug-likeness (QED) is 0.884. The lowest BCUT2D eigenvalue weighted by Gasteiger charge is -2.23. The number of rotatable bonds is 5. The topological polar surface area (TPSA) is 49.6 Å². The van der Waals surface area contributed by atoms with Crippen molar-refractivity contribution in [3.05, 3.63) is 71.5 Å². The minimum atomic E-state index is -0.360. The maximum absolute atomic E-state index is 13.4. The molecule has 0 bridgehead atoms. The molecule has 0 radical (unpaired) electrons. The summed E-state index contributed by atoms with van der Waals surface area (Å²) in [5, 5.41) is 0. The van der Waals surface area contributed by atoms with Gasteiger partial charge in [0, 0.05) is 37.8 Å². The predicted octanol–water partition coefficient (Wildman–Crippen LogP) is 2.92. The van der Waals surface area contributed by atoms with Crippen LogP contribution < -0.4 is 5.73 Å². The molecule has 27 heavy (non-hydrogen) atoms. The van der Waals surface area contributed by atoms with Gasteiger partial charge in [0.05, 0.1) is 0 Å². The van der Waals surface area contributed by atoms with Crippen LogP contribution in [-0.4, -0.2) is 48.4 Å². The Kier molecular flexibility index (Phi) is 5.23. The molecule has 2 aliphatic heterocycles. The van der Waals surface area contributed by atoms with Crippen molar-refractivity contribution in [3.8, 4) is 0 Å². The molecule has 142 valence electrons. The van der Waals surface area contributed by atoms with Crippen molar-refractivity contribution in [2.24, 2.45) is 17.6 Å². The second-order valence-corrected chi connectivity index (χ2v) is 7.81. The number of halogens is 1. The number of likely N-dealkylation sites (tertiary alicyclic amines) is 2. The number of fused-ring (bicyclic) bond motifs is 1. The molecule has 3 atom stereocenters. The number of amides is 1. The fourth-order valence-electron chi connectivity index (χ4n) is 4.43. The van der Waals surface area contributed by atoms with Gasteiger partial charge in [-0.1, -0.05) is 36.4 Å². The van der Waals surface area contributed by atoms with E-state index in [1.807, 2.05) is 23.1 Å². The highest BCUT2D eigenvalue weighted by molar-refractivity contribution is 5.94. The van der Waals surface area contributed by atoms with Gasteiger partial charge in [0.25, 0.3) is 5.91 Å². The Bertz CT molecular complexity index is 783. The van der Waals surface area contributed by atoms with Crippen LogP contribution in [0.1, 0.15) is 28.4 Å². The van der Waals surface area contributed by atoms with Gasteiger partial charge in [0.15, 0.2) is 0 Å². The maximum Gasteiger partial charge on any atom is 0.253 e. The summed E-state index contributed by atoms with van der Waals surface area (Å²) in [7, 11) is 0. The summed E-state index contributed by atoms with van der Waals surface area (Å²) in [4.78, 5) is 17.0. The zero-order chi connectivity index (χ0) is 18.8. The summed E-state index contributed by atoms with van der Waals surface area (Å²) in [5.74, 6) is 0.605. The van der Waals surface area contributed by atoms with Gasteiger partial charge in [-0.25, -0.2) is 4.39 Å². The fraction of sp³-hybridized carbons (Fsp3) is 0.409. The van der Waals surface area contributed by atoms with E-state index in [1.54, 1.807) is 12.1 Å². The number of nitrogens with zero attached hydrogens (tertiary/aromatic N) is 2. The number of hydrogen-bond donors (Lipinski definition) is 1. The SMILES string of the molecule is N[C@@H](CCN1CC2CN(C(=O)c3cccc(F)c3)CC2C1)c1ccccc1. The highest BCUT2D eigenvalue weighted by Crippen LogP contribution is 2.32. The van der Waals surface area contributed by atoms with Crippen molar-refractivity contribution in [3.63, 3.8) is 0 Å². The molecule has 0 spiro atoms. The van der Waals surface area contributed by atoms with Crippen LogP contribution in [-0.2, 0) is 0 Å². The highest BCUT2D eigenvalue weighted by atomic mass is 19.1. The Labute approximate surface area is 159 Å². The zero-order valence-electron chi connectivity index (χ0n) is 15.4. The molecule has 4 nitrogen and oxygen atoms in total. The average Bonchev–Trinajstić information content (AvgIpc) is 3.25. The molecule has 5 heteroatoms. The fourth-order valence-corrected chi connectivity index (χ4v) is 4.43. The number of carbonyl (C=O) groups is 1. The smallest absolute Gasteiger partial charge is 0.253 e. The van der Waals surface area contributed by atoms with Gasteiger partial charge in [-0.05, 0) is 48.6 Å². The molecule has 0 aliphatic carbocycles. The minimum absolute atomic E-state index is 0.0541. The van der Waals surface area contributed by atoms with E-state index in [0.717, 1.165) is 39.1 Å². The highest BCUT2D eigenvalue weighted by Gasteiger charge is 2.41. The van der Waals surface area contributed by atoms with Crippen molar-refractivity contribution in [2.45, 2.75) is 12.5 Å². The third-order valence-corrected chi connectivity index (χ3v) is 5.90. The number of benzene rings is 2. The molecule has 2 aromatic carbocycles. The van der Waals surface area contributed by atoms with E-state index in [9.17, 15) is 9.18 Å². The first-order chi connectivity index (χ1) is 13.1. The van der Waals surface area contributed by atoms with Crippen LogP contribution >= 0.6 is 0 Å². The molecule has 2 fully saturated rings. The van der Waals surface area contributed by atoms with Crippen molar-refractivity contribution < 1.29 is 9.18 Å². The normalized spacial score (nSPS) is 23.4. The second-order valence-electron chi connectivity index (χ2n) is 7.81. The van der Waals surface area contributed by atoms with Gasteiger partial charge < -0.3 is 15.5 Å². The molecule has 0 aromatic heterocycles. The molecule has 2 aliphatic rings. The summed E-state index contributed by atoms with van der Waals surface area (Å²) in [6.07, 6.45) is 0.940. The maximum atomic E-state index is 13.4. The molecule has 2 unspecified atom stereocenters. The largest absolute Gasteiger partial charge is 0.338 e. The lowest BCUT2D eigenvalue weighted by Crippen LogP contribution is -2.34. The van der Waals surface area contributed by atoms with Gasteiger partial charge in [0.1, 0.15) is 5.82 Å². The standard InChI is InChI=1S/C22H26FN3O/c23-20-8-4-7-17(11-20)22(27)26-14-18-12-25(13-19(18)15-26)10-9-21(24)16-5-2-1-3-6-16/h1-8,11,18-19,21H,9-10,12-15,24H2/t18?,19?,21-/m0/s1. The van der Waals surface area contributed by atoms with E-state index >= 15 is 0 Å². The zero-order valence-corrected chi connectivity index (χ0v) is 15.4. The van der Waals surface area contributed by atoms with Gasteiger partial charge in [-0.3, -0.25) is 4.79 Å². The predicted molar refractivity (Wildman–Crippen MR) is 104 cm³/mol. The Morgan fingerprint density at radius 1 is 1.04 bits per heavy atom. The van der Waals surface area contributed by atoms with Gasteiger partial charge >= 0.3 is 0 Å². The van der Waals surface area contributed by atoms with E-state index in [-0.39, 0.29) is 17.8 Å². The van der Waals surface area contributed by atoms with Crippen LogP contribution in [0.3, 0.4) is 0 Å². The lowest BCUT2D eigenvalue weighted by atomic mass is 10.0. The number of nitrogens with two attached hydrogens (primary N) is 1. The molecule has 1 amide bonds.